The van der Waals surface area contributed by atoms with E-state index in [0.717, 1.165) is 4.68 Å². The van der Waals surface area contributed by atoms with Crippen LogP contribution in [0.4, 0.5) is 13.2 Å². The molecule has 126 valence electrons. The second kappa shape index (κ2) is 5.67. The van der Waals surface area contributed by atoms with Crippen LogP contribution >= 0.6 is 11.6 Å². The molecule has 7 heteroatoms. The largest absolute Gasteiger partial charge is 0.438 e. The van der Waals surface area contributed by atoms with Crippen LogP contribution in [0.25, 0.3) is 28.1 Å². The Labute approximate surface area is 145 Å². The van der Waals surface area contributed by atoms with Crippen molar-refractivity contribution in [3.8, 4) is 17.0 Å². The fourth-order valence-electron chi connectivity index (χ4n) is 2.65. The molecule has 0 spiro atoms. The Kier molecular flexibility index (Phi) is 3.58. The van der Waals surface area contributed by atoms with Gasteiger partial charge in [0.1, 0.15) is 5.76 Å². The van der Waals surface area contributed by atoms with E-state index in [1.807, 2.05) is 0 Å². The van der Waals surface area contributed by atoms with Gasteiger partial charge in [0, 0.05) is 10.6 Å². The monoisotopic (exact) mass is 362 g/mol. The van der Waals surface area contributed by atoms with Gasteiger partial charge in [-0.1, -0.05) is 41.9 Å². The molecule has 0 saturated carbocycles. The molecule has 0 aliphatic carbocycles. The van der Waals surface area contributed by atoms with Crippen LogP contribution in [0, 0.1) is 0 Å². The van der Waals surface area contributed by atoms with E-state index < -0.39 is 11.9 Å². The van der Waals surface area contributed by atoms with Crippen LogP contribution in [0.2, 0.25) is 5.02 Å². The third-order valence-electron chi connectivity index (χ3n) is 3.74. The van der Waals surface area contributed by atoms with E-state index in [1.165, 1.54) is 6.07 Å². The Hall–Kier alpha value is -2.73. The number of benzene rings is 2. The molecule has 3 nitrogen and oxygen atoms in total. The zero-order valence-corrected chi connectivity index (χ0v) is 13.3. The molecule has 0 bridgehead atoms. The molecule has 0 radical (unpaired) electrons. The summed E-state index contributed by atoms with van der Waals surface area (Å²) in [6.07, 6.45) is -4.59. The topological polar surface area (TPSA) is 31.0 Å². The molecule has 0 atom stereocenters. The number of para-hydroxylation sites is 1. The first-order valence-corrected chi connectivity index (χ1v) is 7.72. The second-order valence-corrected chi connectivity index (χ2v) is 5.87. The quantitative estimate of drug-likeness (QED) is 0.440. The van der Waals surface area contributed by atoms with Gasteiger partial charge in [-0.2, -0.15) is 23.0 Å². The Morgan fingerprint density at radius 1 is 0.960 bits per heavy atom. The predicted molar refractivity (Wildman–Crippen MR) is 88.8 cm³/mol. The molecule has 2 aromatic heterocycles. The lowest BCUT2D eigenvalue weighted by Gasteiger charge is -2.03. The molecule has 0 N–H and O–H groups in total. The standard InChI is InChI=1S/C18H10ClF3N2O/c19-12-6-4-5-11(9-12)15-10-14-16(18(20,21)22)23-24(17(14)25-15)13-7-2-1-3-8-13/h1-10H. The van der Waals surface area contributed by atoms with E-state index in [-0.39, 0.29) is 11.1 Å². The molecular weight excluding hydrogens is 353 g/mol. The van der Waals surface area contributed by atoms with E-state index in [2.05, 4.69) is 5.10 Å². The van der Waals surface area contributed by atoms with Gasteiger partial charge in [-0.3, -0.25) is 0 Å². The first-order chi connectivity index (χ1) is 11.9. The molecule has 0 aliphatic rings. The lowest BCUT2D eigenvalue weighted by atomic mass is 10.1. The number of aromatic nitrogens is 2. The van der Waals surface area contributed by atoms with E-state index >= 15 is 0 Å². The number of alkyl halides is 3. The summed E-state index contributed by atoms with van der Waals surface area (Å²) in [6.45, 7) is 0. The summed E-state index contributed by atoms with van der Waals surface area (Å²) in [5.41, 5.74) is 0.128. The number of fused-ring (bicyclic) bond motifs is 1. The summed E-state index contributed by atoms with van der Waals surface area (Å²) in [7, 11) is 0. The van der Waals surface area contributed by atoms with Crippen molar-refractivity contribution in [2.24, 2.45) is 0 Å². The van der Waals surface area contributed by atoms with Crippen LogP contribution in [0.15, 0.2) is 65.1 Å². The van der Waals surface area contributed by atoms with E-state index in [1.54, 1.807) is 54.6 Å². The first-order valence-electron chi connectivity index (χ1n) is 7.34. The lowest BCUT2D eigenvalue weighted by Crippen LogP contribution is -2.07. The Morgan fingerprint density at radius 2 is 1.72 bits per heavy atom. The lowest BCUT2D eigenvalue weighted by molar-refractivity contribution is -0.140. The Bertz CT molecular complexity index is 1050. The SMILES string of the molecule is FC(F)(F)c1nn(-c2ccccc2)c2oc(-c3cccc(Cl)c3)cc12. The Balaban J connectivity index is 1.98. The van der Waals surface area contributed by atoms with Crippen LogP contribution in [0.1, 0.15) is 5.69 Å². The molecule has 0 saturated heterocycles. The van der Waals surface area contributed by atoms with Crippen molar-refractivity contribution in [1.82, 2.24) is 9.78 Å². The summed E-state index contributed by atoms with van der Waals surface area (Å²) >= 11 is 5.96. The number of hydrogen-bond donors (Lipinski definition) is 0. The number of nitrogens with zero attached hydrogens (tertiary/aromatic N) is 2. The fourth-order valence-corrected chi connectivity index (χ4v) is 2.84. The normalized spacial score (nSPS) is 12.0. The number of halogens is 4. The average molecular weight is 363 g/mol. The molecule has 0 amide bonds. The van der Waals surface area contributed by atoms with Gasteiger partial charge in [0.15, 0.2) is 5.69 Å². The number of rotatable bonds is 2. The number of furan rings is 1. The maximum Gasteiger partial charge on any atom is 0.435 e. The molecule has 2 aromatic carbocycles. The highest BCUT2D eigenvalue weighted by Crippen LogP contribution is 2.39. The first kappa shape index (κ1) is 15.8. The van der Waals surface area contributed by atoms with Crippen LogP contribution in [-0.4, -0.2) is 9.78 Å². The van der Waals surface area contributed by atoms with Crippen molar-refractivity contribution in [2.75, 3.05) is 0 Å². The number of hydrogen-bond acceptors (Lipinski definition) is 2. The summed E-state index contributed by atoms with van der Waals surface area (Å²) in [5.74, 6) is 0.296. The smallest absolute Gasteiger partial charge is 0.435 e. The minimum atomic E-state index is -4.59. The molecule has 4 rings (SSSR count). The van der Waals surface area contributed by atoms with Crippen molar-refractivity contribution in [3.63, 3.8) is 0 Å². The summed E-state index contributed by atoms with van der Waals surface area (Å²) in [6, 6.07) is 16.6. The average Bonchev–Trinajstić information content (AvgIpc) is 3.14. The van der Waals surface area contributed by atoms with Gasteiger partial charge in [-0.05, 0) is 30.3 Å². The zero-order valence-electron chi connectivity index (χ0n) is 12.6. The third-order valence-corrected chi connectivity index (χ3v) is 3.97. The van der Waals surface area contributed by atoms with Gasteiger partial charge in [-0.25, -0.2) is 0 Å². The molecule has 4 aromatic rings. The van der Waals surface area contributed by atoms with Gasteiger partial charge in [0.2, 0.25) is 5.71 Å². The van der Waals surface area contributed by atoms with E-state index in [4.69, 9.17) is 16.0 Å². The molecule has 0 aliphatic heterocycles. The van der Waals surface area contributed by atoms with Crippen LogP contribution < -0.4 is 0 Å². The van der Waals surface area contributed by atoms with Gasteiger partial charge < -0.3 is 4.42 Å². The van der Waals surface area contributed by atoms with Crippen LogP contribution in [0.3, 0.4) is 0 Å². The molecule has 0 unspecified atom stereocenters. The zero-order chi connectivity index (χ0) is 17.6. The molecular formula is C18H10ClF3N2O. The minimum absolute atomic E-state index is 0.0356. The summed E-state index contributed by atoms with van der Waals surface area (Å²) < 4.78 is 47.0. The highest BCUT2D eigenvalue weighted by molar-refractivity contribution is 6.30. The third kappa shape index (κ3) is 2.78. The van der Waals surface area contributed by atoms with E-state index in [0.29, 0.717) is 22.0 Å². The van der Waals surface area contributed by atoms with E-state index in [9.17, 15) is 13.2 Å². The summed E-state index contributed by atoms with van der Waals surface area (Å²) in [5, 5.41) is 4.09. The van der Waals surface area contributed by atoms with Crippen LogP contribution in [0.5, 0.6) is 0 Å². The van der Waals surface area contributed by atoms with Crippen molar-refractivity contribution in [2.45, 2.75) is 6.18 Å². The highest BCUT2D eigenvalue weighted by atomic mass is 35.5. The maximum atomic E-state index is 13.4. The summed E-state index contributed by atoms with van der Waals surface area (Å²) in [4.78, 5) is 0. The van der Waals surface area contributed by atoms with Gasteiger partial charge in [0.05, 0.1) is 11.1 Å². The van der Waals surface area contributed by atoms with Crippen LogP contribution in [-0.2, 0) is 6.18 Å². The molecule has 25 heavy (non-hydrogen) atoms. The van der Waals surface area contributed by atoms with Gasteiger partial charge in [0.25, 0.3) is 0 Å². The fraction of sp³-hybridized carbons (Fsp3) is 0.0556. The van der Waals surface area contributed by atoms with Gasteiger partial charge in [-0.15, -0.1) is 0 Å². The highest BCUT2D eigenvalue weighted by Gasteiger charge is 2.38. The molecule has 0 fully saturated rings. The predicted octanol–water partition coefficient (Wildman–Crippen LogP) is 5.96. The van der Waals surface area contributed by atoms with Gasteiger partial charge >= 0.3 is 6.18 Å². The maximum absolute atomic E-state index is 13.4. The minimum Gasteiger partial charge on any atom is -0.438 e. The Morgan fingerprint density at radius 3 is 2.40 bits per heavy atom. The molecule has 2 heterocycles. The van der Waals surface area contributed by atoms with Crippen molar-refractivity contribution in [3.05, 3.63) is 71.4 Å². The second-order valence-electron chi connectivity index (χ2n) is 5.43. The van der Waals surface area contributed by atoms with Crippen molar-refractivity contribution < 1.29 is 17.6 Å². The van der Waals surface area contributed by atoms with Crippen molar-refractivity contribution >= 4 is 22.7 Å². The van der Waals surface area contributed by atoms with Crippen molar-refractivity contribution in [1.29, 1.82) is 0 Å².